The van der Waals surface area contributed by atoms with Crippen LogP contribution in [0.2, 0.25) is 0 Å². The molecule has 1 aliphatic rings. The molecule has 1 aromatic heterocycles. The van der Waals surface area contributed by atoms with Gasteiger partial charge in [0.15, 0.2) is 5.76 Å². The van der Waals surface area contributed by atoms with Crippen LogP contribution in [0.25, 0.3) is 0 Å². The summed E-state index contributed by atoms with van der Waals surface area (Å²) in [6.45, 7) is 4.10. The third-order valence-corrected chi connectivity index (χ3v) is 3.00. The molecule has 3 amide bonds. The third kappa shape index (κ3) is 3.66. The normalized spacial score (nSPS) is 13.8. The molecular formula is C14H17N3O5. The maximum Gasteiger partial charge on any atom is 0.429 e. The number of hydrogen-bond acceptors (Lipinski definition) is 5. The number of rotatable bonds is 5. The van der Waals surface area contributed by atoms with Gasteiger partial charge in [-0.15, -0.1) is 0 Å². The zero-order chi connectivity index (χ0) is 15.9. The molecule has 1 fully saturated rings. The van der Waals surface area contributed by atoms with E-state index < -0.39 is 17.9 Å². The number of amides is 3. The van der Waals surface area contributed by atoms with Crippen LogP contribution in [0.15, 0.2) is 35.5 Å². The lowest BCUT2D eigenvalue weighted by atomic mass is 10.4. The van der Waals surface area contributed by atoms with Crippen LogP contribution >= 0.6 is 0 Å². The Kier molecular flexibility index (Phi) is 5.18. The number of nitrogens with zero attached hydrogens (tertiary/aromatic N) is 2. The van der Waals surface area contributed by atoms with Gasteiger partial charge >= 0.3 is 6.09 Å². The average molecular weight is 307 g/mol. The maximum atomic E-state index is 12.1. The number of ether oxygens (including phenoxy) is 1. The molecule has 1 N–H and O–H groups in total. The van der Waals surface area contributed by atoms with Crippen molar-refractivity contribution in [2.45, 2.75) is 6.42 Å². The Hall–Kier alpha value is -2.77. The molecule has 8 nitrogen and oxygen atoms in total. The first-order valence-corrected chi connectivity index (χ1v) is 6.80. The molecule has 0 unspecified atom stereocenters. The summed E-state index contributed by atoms with van der Waals surface area (Å²) in [7, 11) is 0. The number of hydrazine groups is 1. The van der Waals surface area contributed by atoms with E-state index in [4.69, 9.17) is 9.15 Å². The number of carbonyl (C=O) groups is 3. The standard InChI is InChI=1S/C14H17N3O5/c1-2-8-22-14(20)17-7-4-6-16(17)12(18)10-15-13(19)11-5-3-9-21-11/h2-3,5,9H,1,4,6-8,10H2,(H,15,19). The van der Waals surface area contributed by atoms with Crippen molar-refractivity contribution in [3.05, 3.63) is 36.8 Å². The van der Waals surface area contributed by atoms with Crippen molar-refractivity contribution in [3.63, 3.8) is 0 Å². The largest absolute Gasteiger partial charge is 0.459 e. The van der Waals surface area contributed by atoms with Crippen molar-refractivity contribution in [2.75, 3.05) is 26.2 Å². The van der Waals surface area contributed by atoms with Gasteiger partial charge in [-0.1, -0.05) is 12.7 Å². The van der Waals surface area contributed by atoms with Gasteiger partial charge < -0.3 is 14.5 Å². The minimum absolute atomic E-state index is 0.0760. The van der Waals surface area contributed by atoms with Gasteiger partial charge in [0.1, 0.15) is 6.61 Å². The topological polar surface area (TPSA) is 92.1 Å². The Labute approximate surface area is 127 Å². The van der Waals surface area contributed by atoms with E-state index in [9.17, 15) is 14.4 Å². The Balaban J connectivity index is 1.86. The van der Waals surface area contributed by atoms with Gasteiger partial charge in [-0.2, -0.15) is 0 Å². The third-order valence-electron chi connectivity index (χ3n) is 3.00. The minimum atomic E-state index is -0.608. The van der Waals surface area contributed by atoms with E-state index in [0.717, 1.165) is 0 Å². The Morgan fingerprint density at radius 2 is 2.14 bits per heavy atom. The molecule has 22 heavy (non-hydrogen) atoms. The van der Waals surface area contributed by atoms with Gasteiger partial charge in [0.05, 0.1) is 12.8 Å². The summed E-state index contributed by atoms with van der Waals surface area (Å²) >= 11 is 0. The molecule has 1 aromatic rings. The Bertz CT molecular complexity index is 555. The summed E-state index contributed by atoms with van der Waals surface area (Å²) in [5.41, 5.74) is 0. The predicted octanol–water partition coefficient (Wildman–Crippen LogP) is 0.781. The lowest BCUT2D eigenvalue weighted by molar-refractivity contribution is -0.140. The number of hydrogen-bond donors (Lipinski definition) is 1. The summed E-state index contributed by atoms with van der Waals surface area (Å²) in [5.74, 6) is -0.761. The zero-order valence-corrected chi connectivity index (χ0v) is 12.0. The van der Waals surface area contributed by atoms with Crippen molar-refractivity contribution in [2.24, 2.45) is 0 Å². The lowest BCUT2D eigenvalue weighted by Crippen LogP contribution is -2.48. The summed E-state index contributed by atoms with van der Waals surface area (Å²) in [6, 6.07) is 3.07. The Morgan fingerprint density at radius 1 is 1.36 bits per heavy atom. The second-order valence-electron chi connectivity index (χ2n) is 4.52. The fraction of sp³-hybridized carbons (Fsp3) is 0.357. The lowest BCUT2D eigenvalue weighted by Gasteiger charge is -2.26. The molecule has 2 heterocycles. The number of carbonyl (C=O) groups excluding carboxylic acids is 3. The van der Waals surface area contributed by atoms with Gasteiger partial charge in [-0.3, -0.25) is 9.59 Å². The summed E-state index contributed by atoms with van der Waals surface area (Å²) in [5, 5.41) is 4.94. The van der Waals surface area contributed by atoms with E-state index in [2.05, 4.69) is 11.9 Å². The van der Waals surface area contributed by atoms with Crippen LogP contribution in [-0.4, -0.2) is 54.2 Å². The van der Waals surface area contributed by atoms with Crippen molar-refractivity contribution < 1.29 is 23.5 Å². The molecule has 0 radical (unpaired) electrons. The van der Waals surface area contributed by atoms with Crippen LogP contribution in [0.4, 0.5) is 4.79 Å². The zero-order valence-electron chi connectivity index (χ0n) is 12.0. The van der Waals surface area contributed by atoms with Crippen molar-refractivity contribution >= 4 is 17.9 Å². The quantitative estimate of drug-likeness (QED) is 0.812. The van der Waals surface area contributed by atoms with Crippen molar-refractivity contribution in [3.8, 4) is 0 Å². The van der Waals surface area contributed by atoms with E-state index >= 15 is 0 Å². The van der Waals surface area contributed by atoms with Crippen LogP contribution in [0, 0.1) is 0 Å². The molecule has 0 spiro atoms. The molecule has 0 aromatic carbocycles. The predicted molar refractivity (Wildman–Crippen MR) is 75.6 cm³/mol. The number of nitrogens with one attached hydrogen (secondary N) is 1. The highest BCUT2D eigenvalue weighted by molar-refractivity contribution is 5.94. The molecule has 8 heteroatoms. The molecule has 0 atom stereocenters. The fourth-order valence-electron chi connectivity index (χ4n) is 2.01. The van der Waals surface area contributed by atoms with Crippen LogP contribution in [0.5, 0.6) is 0 Å². The molecule has 118 valence electrons. The highest BCUT2D eigenvalue weighted by atomic mass is 16.6. The van der Waals surface area contributed by atoms with Crippen LogP contribution in [-0.2, 0) is 9.53 Å². The van der Waals surface area contributed by atoms with Crippen molar-refractivity contribution in [1.29, 1.82) is 0 Å². The Morgan fingerprint density at radius 3 is 2.82 bits per heavy atom. The molecule has 2 rings (SSSR count). The van der Waals surface area contributed by atoms with E-state index in [-0.39, 0.29) is 18.9 Å². The fourth-order valence-corrected chi connectivity index (χ4v) is 2.01. The second-order valence-corrected chi connectivity index (χ2v) is 4.52. The molecule has 0 saturated carbocycles. The number of furan rings is 1. The van der Waals surface area contributed by atoms with Gasteiger partial charge in [0, 0.05) is 13.1 Å². The minimum Gasteiger partial charge on any atom is -0.459 e. The summed E-state index contributed by atoms with van der Waals surface area (Å²) in [4.78, 5) is 35.6. The molecular weight excluding hydrogens is 290 g/mol. The van der Waals surface area contributed by atoms with Gasteiger partial charge in [-0.25, -0.2) is 14.8 Å². The van der Waals surface area contributed by atoms with Gasteiger partial charge in [-0.05, 0) is 18.6 Å². The van der Waals surface area contributed by atoms with E-state index in [1.807, 2.05) is 0 Å². The molecule has 1 aliphatic heterocycles. The maximum absolute atomic E-state index is 12.1. The molecule has 0 aliphatic carbocycles. The first-order chi connectivity index (χ1) is 10.6. The monoisotopic (exact) mass is 307 g/mol. The highest BCUT2D eigenvalue weighted by Gasteiger charge is 2.31. The van der Waals surface area contributed by atoms with Crippen LogP contribution in [0.1, 0.15) is 17.0 Å². The summed E-state index contributed by atoms with van der Waals surface area (Å²) in [6.07, 6.45) is 2.86. The SMILES string of the molecule is C=CCOC(=O)N1CCCN1C(=O)CNC(=O)c1ccco1. The molecule has 1 saturated heterocycles. The second kappa shape index (κ2) is 7.30. The van der Waals surface area contributed by atoms with E-state index in [1.165, 1.54) is 28.4 Å². The molecule has 0 bridgehead atoms. The smallest absolute Gasteiger partial charge is 0.429 e. The average Bonchev–Trinajstić information content (AvgIpc) is 3.20. The first kappa shape index (κ1) is 15.6. The van der Waals surface area contributed by atoms with Gasteiger partial charge in [0.2, 0.25) is 0 Å². The van der Waals surface area contributed by atoms with Crippen LogP contribution in [0.3, 0.4) is 0 Å². The van der Waals surface area contributed by atoms with Crippen molar-refractivity contribution in [1.82, 2.24) is 15.3 Å². The van der Waals surface area contributed by atoms with E-state index in [1.54, 1.807) is 6.07 Å². The summed E-state index contributed by atoms with van der Waals surface area (Å²) < 4.78 is 9.84. The van der Waals surface area contributed by atoms with Gasteiger partial charge in [0.25, 0.3) is 11.8 Å². The van der Waals surface area contributed by atoms with Crippen LogP contribution < -0.4 is 5.32 Å². The highest BCUT2D eigenvalue weighted by Crippen LogP contribution is 2.12. The van der Waals surface area contributed by atoms with E-state index in [0.29, 0.717) is 19.5 Å². The first-order valence-electron chi connectivity index (χ1n) is 6.80.